The first-order valence-corrected chi connectivity index (χ1v) is 19.7. The quantitative estimate of drug-likeness (QED) is 0.119. The first-order chi connectivity index (χ1) is 26.2. The zero-order valence-electron chi connectivity index (χ0n) is 34.7. The highest BCUT2D eigenvalue weighted by Gasteiger charge is 2.22. The molecule has 9 rings (SSSR count). The number of H-pyrrole nitrogens is 4. The van der Waals surface area contributed by atoms with Crippen molar-refractivity contribution in [1.29, 1.82) is 0 Å². The second-order valence-electron chi connectivity index (χ2n) is 19.8. The first kappa shape index (κ1) is 35.9. The van der Waals surface area contributed by atoms with Crippen LogP contribution in [-0.2, 0) is 21.7 Å². The molecule has 284 valence electrons. The molecular weight excluding hydrogens is 689 g/mol. The van der Waals surface area contributed by atoms with E-state index in [4.69, 9.17) is 20.0 Å². The van der Waals surface area contributed by atoms with E-state index in [9.17, 15) is 0 Å². The Morgan fingerprint density at radius 1 is 0.286 bits per heavy atom. The molecule has 8 aromatic rings. The molecule has 4 N–H and O–H groups in total. The lowest BCUT2D eigenvalue weighted by Gasteiger charge is -2.19. The predicted octanol–water partition coefficient (Wildman–Crippen LogP) is 10.9. The van der Waals surface area contributed by atoms with Crippen molar-refractivity contribution in [3.8, 4) is 0 Å². The molecule has 8 nitrogen and oxygen atoms in total. The summed E-state index contributed by atoms with van der Waals surface area (Å²) in [6.45, 7) is 26.9. The van der Waals surface area contributed by atoms with Gasteiger partial charge in [-0.15, -0.1) is 0 Å². The van der Waals surface area contributed by atoms with Crippen molar-refractivity contribution in [2.24, 2.45) is 20.0 Å². The molecule has 4 aromatic heterocycles. The molecule has 0 saturated carbocycles. The van der Waals surface area contributed by atoms with Crippen LogP contribution in [0.4, 0.5) is 23.3 Å². The monoisotopic (exact) mass is 740 g/mol. The van der Waals surface area contributed by atoms with Crippen LogP contribution in [0, 0.1) is 0 Å². The van der Waals surface area contributed by atoms with Gasteiger partial charge in [-0.2, -0.15) is 0 Å². The van der Waals surface area contributed by atoms with Gasteiger partial charge in [-0.1, -0.05) is 132 Å². The molecule has 0 fully saturated rings. The van der Waals surface area contributed by atoms with Gasteiger partial charge in [0, 0.05) is 43.1 Å². The third-order valence-electron chi connectivity index (χ3n) is 11.4. The molecule has 8 bridgehead atoms. The number of fused-ring (bicyclic) bond motifs is 20. The number of nitrogens with one attached hydrogen (secondary N) is 4. The van der Waals surface area contributed by atoms with Crippen LogP contribution in [0.15, 0.2) is 92.8 Å². The number of benzene rings is 4. The lowest BCUT2D eigenvalue weighted by atomic mass is 9.86. The molecule has 0 atom stereocenters. The van der Waals surface area contributed by atoms with Gasteiger partial charge in [0.05, 0.1) is 0 Å². The van der Waals surface area contributed by atoms with E-state index in [-0.39, 0.29) is 21.7 Å². The lowest BCUT2D eigenvalue weighted by molar-refractivity contribution is 0.591. The molecule has 5 heterocycles. The van der Waals surface area contributed by atoms with Crippen LogP contribution in [0.3, 0.4) is 0 Å². The van der Waals surface area contributed by atoms with E-state index in [1.165, 1.54) is 22.3 Å². The minimum absolute atomic E-state index is 0.0512. The SMILES string of the molecule is CC(C)(C)c1ccc2c3[nH]c(c2c1)N=c1[nH]c(c2cc(C(C)(C)C)ccc12)=Nc1[nH]c(c2cc(C(C)(C)C)ccc12)N=c1[nH]c(c2cc(C(C)(C)C)ccc12)=N3. The molecular formula is C48H52N8. The molecule has 4 aromatic carbocycles. The van der Waals surface area contributed by atoms with Crippen LogP contribution in [0.1, 0.15) is 105 Å². The Balaban J connectivity index is 1.47. The van der Waals surface area contributed by atoms with Crippen molar-refractivity contribution < 1.29 is 0 Å². The summed E-state index contributed by atoms with van der Waals surface area (Å²) in [4.78, 5) is 36.2. The minimum Gasteiger partial charge on any atom is -0.324 e. The van der Waals surface area contributed by atoms with E-state index in [0.717, 1.165) is 88.3 Å². The largest absolute Gasteiger partial charge is 0.324 e. The van der Waals surface area contributed by atoms with Crippen molar-refractivity contribution in [1.82, 2.24) is 19.9 Å². The summed E-state index contributed by atoms with van der Waals surface area (Å²) in [7, 11) is 0. The van der Waals surface area contributed by atoms with Crippen LogP contribution < -0.4 is 22.0 Å². The summed E-state index contributed by atoms with van der Waals surface area (Å²) < 4.78 is 0. The number of aromatic amines is 4. The average molecular weight is 741 g/mol. The molecule has 56 heavy (non-hydrogen) atoms. The van der Waals surface area contributed by atoms with Gasteiger partial charge in [0.15, 0.2) is 0 Å². The van der Waals surface area contributed by atoms with Crippen LogP contribution in [0.5, 0.6) is 0 Å². The Kier molecular flexibility index (Phi) is 7.61. The van der Waals surface area contributed by atoms with Crippen LogP contribution >= 0.6 is 0 Å². The molecule has 0 spiro atoms. The van der Waals surface area contributed by atoms with E-state index >= 15 is 0 Å². The minimum atomic E-state index is -0.0512. The van der Waals surface area contributed by atoms with E-state index in [0.29, 0.717) is 0 Å². The van der Waals surface area contributed by atoms with Crippen LogP contribution in [0.25, 0.3) is 43.1 Å². The summed E-state index contributed by atoms with van der Waals surface area (Å²) >= 11 is 0. The van der Waals surface area contributed by atoms with Crippen molar-refractivity contribution in [2.75, 3.05) is 0 Å². The smallest absolute Gasteiger partial charge is 0.142 e. The molecule has 0 aliphatic carbocycles. The van der Waals surface area contributed by atoms with Gasteiger partial charge in [0.1, 0.15) is 45.2 Å². The lowest BCUT2D eigenvalue weighted by Crippen LogP contribution is -2.11. The number of hydrogen-bond donors (Lipinski definition) is 4. The number of rotatable bonds is 0. The third kappa shape index (κ3) is 5.97. The number of aromatic nitrogens is 4. The maximum atomic E-state index is 5.38. The number of nitrogens with zero attached hydrogens (tertiary/aromatic N) is 4. The summed E-state index contributed by atoms with van der Waals surface area (Å²) in [6.07, 6.45) is 0. The first-order valence-electron chi connectivity index (χ1n) is 19.7. The molecule has 8 heteroatoms. The van der Waals surface area contributed by atoms with Gasteiger partial charge in [0.2, 0.25) is 0 Å². The van der Waals surface area contributed by atoms with Gasteiger partial charge < -0.3 is 19.9 Å². The maximum Gasteiger partial charge on any atom is 0.142 e. The second-order valence-corrected chi connectivity index (χ2v) is 19.8. The molecule has 0 radical (unpaired) electrons. The van der Waals surface area contributed by atoms with E-state index in [1.807, 2.05) is 0 Å². The maximum absolute atomic E-state index is 5.38. The molecule has 1 aliphatic rings. The van der Waals surface area contributed by atoms with E-state index in [2.05, 4.69) is 176 Å². The van der Waals surface area contributed by atoms with Gasteiger partial charge in [-0.05, 0) is 68.2 Å². The Morgan fingerprint density at radius 3 is 0.839 bits per heavy atom. The van der Waals surface area contributed by atoms with Crippen molar-refractivity contribution >= 4 is 66.4 Å². The Hall–Kier alpha value is -5.76. The topological polar surface area (TPSA) is 113 Å². The highest BCUT2D eigenvalue weighted by molar-refractivity contribution is 6.01. The normalized spacial score (nSPS) is 13.9. The van der Waals surface area contributed by atoms with Crippen LogP contribution in [-0.4, -0.2) is 19.9 Å². The average Bonchev–Trinajstić information content (AvgIpc) is 3.84. The Morgan fingerprint density at radius 2 is 0.536 bits per heavy atom. The van der Waals surface area contributed by atoms with Crippen molar-refractivity contribution in [3.05, 3.63) is 117 Å². The fourth-order valence-corrected chi connectivity index (χ4v) is 7.79. The fourth-order valence-electron chi connectivity index (χ4n) is 7.79. The Bertz CT molecular complexity index is 2950. The zero-order valence-corrected chi connectivity index (χ0v) is 34.7. The molecule has 0 amide bonds. The van der Waals surface area contributed by atoms with Gasteiger partial charge in [-0.3, -0.25) is 0 Å². The second kappa shape index (κ2) is 11.9. The fraction of sp³-hybridized carbons (Fsp3) is 0.333. The summed E-state index contributed by atoms with van der Waals surface area (Å²) in [5, 5.41) is 8.05. The van der Waals surface area contributed by atoms with E-state index < -0.39 is 0 Å². The van der Waals surface area contributed by atoms with Gasteiger partial charge in [0.25, 0.3) is 0 Å². The summed E-state index contributed by atoms with van der Waals surface area (Å²) in [5.41, 5.74) is 7.66. The molecule has 0 unspecified atom stereocenters. The predicted molar refractivity (Wildman–Crippen MR) is 231 cm³/mol. The third-order valence-corrected chi connectivity index (χ3v) is 11.4. The van der Waals surface area contributed by atoms with Gasteiger partial charge in [-0.25, -0.2) is 20.0 Å². The van der Waals surface area contributed by atoms with Crippen LogP contribution in [0.2, 0.25) is 0 Å². The number of hydrogen-bond acceptors (Lipinski definition) is 4. The zero-order chi connectivity index (χ0) is 39.7. The molecule has 1 aliphatic heterocycles. The highest BCUT2D eigenvalue weighted by Crippen LogP contribution is 2.39. The summed E-state index contributed by atoms with van der Waals surface area (Å²) in [6, 6.07) is 26.6. The molecule has 0 saturated heterocycles. The standard InChI is InChI=1S/C48H52N8/c1-45(2,3)25-13-17-29-33(21-25)41-49-37(29)54-42-35-23-27(47(7,8)9)15-19-31(35)39(51-42)56-44-36-24-28(48(10,11)12)16-20-32(36)40(52-44)55-43-34-22-26(46(4,5)6)14-18-30(34)38(50-43)53-41/h13-24H,1-12H3,(H4,49,50,51,52,53,54,55,56). The van der Waals surface area contributed by atoms with Crippen molar-refractivity contribution in [3.63, 3.8) is 0 Å². The van der Waals surface area contributed by atoms with E-state index in [1.54, 1.807) is 0 Å². The van der Waals surface area contributed by atoms with Gasteiger partial charge >= 0.3 is 0 Å². The Labute approximate surface area is 327 Å². The summed E-state index contributed by atoms with van der Waals surface area (Å²) in [5.74, 6) is 2.95. The highest BCUT2D eigenvalue weighted by atomic mass is 15.1. The van der Waals surface area contributed by atoms with Crippen molar-refractivity contribution in [2.45, 2.75) is 105 Å².